The summed E-state index contributed by atoms with van der Waals surface area (Å²) in [4.78, 5) is 15.8. The van der Waals surface area contributed by atoms with Gasteiger partial charge >= 0.3 is 0 Å². The van der Waals surface area contributed by atoms with Crippen LogP contribution in [0.4, 0.5) is 0 Å². The van der Waals surface area contributed by atoms with E-state index in [4.69, 9.17) is 9.47 Å². The number of carbonyl (C=O) groups is 1. The number of carbonyl (C=O) groups excluding carboxylic acids is 1. The van der Waals surface area contributed by atoms with Crippen LogP contribution in [0.25, 0.3) is 10.9 Å². The smallest absolute Gasteiger partial charge is 0.166 e. The zero-order valence-electron chi connectivity index (χ0n) is 11.4. The molecule has 0 bridgehead atoms. The van der Waals surface area contributed by atoms with Crippen molar-refractivity contribution in [3.8, 4) is 11.5 Å². The number of nitrogens with zero attached hydrogens (tertiary/aromatic N) is 1. The highest BCUT2D eigenvalue weighted by Gasteiger charge is 2.09. The van der Waals surface area contributed by atoms with Crippen molar-refractivity contribution in [3.63, 3.8) is 0 Å². The van der Waals surface area contributed by atoms with Gasteiger partial charge in [0.05, 0.1) is 12.8 Å². The molecule has 0 amide bonds. The molecule has 0 aliphatic rings. The Labute approximate surface area is 112 Å². The first-order valence-corrected chi connectivity index (χ1v) is 6.07. The summed E-state index contributed by atoms with van der Waals surface area (Å²) in [5.74, 6) is 1.35. The van der Waals surface area contributed by atoms with Crippen molar-refractivity contribution < 1.29 is 14.3 Å². The number of fused-ring (bicyclic) bond motifs is 1. The van der Waals surface area contributed by atoms with Gasteiger partial charge in [-0.05, 0) is 26.2 Å². The standard InChI is InChI=1S/C14H18N2O3/c1-16(2)4-5-19-14-7-10-6-11(9-17)15-12(10)8-13(14)18-3/h6-9,15H,4-5H2,1-3H3. The minimum absolute atomic E-state index is 0.544. The molecule has 0 saturated carbocycles. The largest absolute Gasteiger partial charge is 0.493 e. The second kappa shape index (κ2) is 5.75. The highest BCUT2D eigenvalue weighted by atomic mass is 16.5. The van der Waals surface area contributed by atoms with Crippen LogP contribution in [0.2, 0.25) is 0 Å². The van der Waals surface area contributed by atoms with Crippen LogP contribution >= 0.6 is 0 Å². The lowest BCUT2D eigenvalue weighted by Gasteiger charge is -2.13. The van der Waals surface area contributed by atoms with E-state index in [-0.39, 0.29) is 0 Å². The number of rotatable bonds is 6. The zero-order chi connectivity index (χ0) is 13.8. The van der Waals surface area contributed by atoms with E-state index in [1.54, 1.807) is 13.2 Å². The Hall–Kier alpha value is -2.01. The summed E-state index contributed by atoms with van der Waals surface area (Å²) in [5.41, 5.74) is 1.40. The van der Waals surface area contributed by atoms with Gasteiger partial charge in [0, 0.05) is 23.5 Å². The second-order valence-electron chi connectivity index (χ2n) is 4.58. The lowest BCUT2D eigenvalue weighted by molar-refractivity contribution is 0.112. The molecule has 0 fully saturated rings. The highest BCUT2D eigenvalue weighted by molar-refractivity contribution is 5.90. The number of hydrogen-bond acceptors (Lipinski definition) is 4. The molecule has 0 aliphatic heterocycles. The Bertz CT molecular complexity index is 575. The summed E-state index contributed by atoms with van der Waals surface area (Å²) >= 11 is 0. The van der Waals surface area contributed by atoms with E-state index in [0.717, 1.165) is 23.7 Å². The van der Waals surface area contributed by atoms with Crippen LogP contribution in [0, 0.1) is 0 Å². The number of nitrogens with one attached hydrogen (secondary N) is 1. The molecule has 0 saturated heterocycles. The van der Waals surface area contributed by atoms with Gasteiger partial charge in [-0.15, -0.1) is 0 Å². The van der Waals surface area contributed by atoms with Crippen LogP contribution in [-0.4, -0.2) is 50.5 Å². The Balaban J connectivity index is 2.27. The maximum atomic E-state index is 10.8. The van der Waals surface area contributed by atoms with Gasteiger partial charge in [0.15, 0.2) is 17.8 Å². The van der Waals surface area contributed by atoms with Crippen molar-refractivity contribution in [2.24, 2.45) is 0 Å². The fraction of sp³-hybridized carbons (Fsp3) is 0.357. The van der Waals surface area contributed by atoms with Crippen LogP contribution in [0.3, 0.4) is 0 Å². The molecule has 2 aromatic rings. The SMILES string of the molecule is COc1cc2[nH]c(C=O)cc2cc1OCCN(C)C. The van der Waals surface area contributed by atoms with Gasteiger partial charge in [-0.1, -0.05) is 0 Å². The fourth-order valence-electron chi connectivity index (χ4n) is 1.84. The molecule has 19 heavy (non-hydrogen) atoms. The third kappa shape index (κ3) is 3.06. The van der Waals surface area contributed by atoms with E-state index < -0.39 is 0 Å². The van der Waals surface area contributed by atoms with Crippen molar-refractivity contribution in [3.05, 3.63) is 23.9 Å². The van der Waals surface area contributed by atoms with Gasteiger partial charge in [-0.3, -0.25) is 4.79 Å². The van der Waals surface area contributed by atoms with Gasteiger partial charge < -0.3 is 19.4 Å². The maximum Gasteiger partial charge on any atom is 0.166 e. The molecule has 1 aromatic heterocycles. The van der Waals surface area contributed by atoms with Gasteiger partial charge in [0.2, 0.25) is 0 Å². The van der Waals surface area contributed by atoms with Crippen LogP contribution in [-0.2, 0) is 0 Å². The quantitative estimate of drug-likeness (QED) is 0.808. The topological polar surface area (TPSA) is 54.6 Å². The number of benzene rings is 1. The van der Waals surface area contributed by atoms with E-state index in [1.165, 1.54) is 0 Å². The molecule has 5 heteroatoms. The predicted molar refractivity (Wildman–Crippen MR) is 74.3 cm³/mol. The van der Waals surface area contributed by atoms with E-state index in [1.807, 2.05) is 31.1 Å². The molecule has 0 aliphatic carbocycles. The maximum absolute atomic E-state index is 10.8. The zero-order valence-corrected chi connectivity index (χ0v) is 11.4. The monoisotopic (exact) mass is 262 g/mol. The lowest BCUT2D eigenvalue weighted by Crippen LogP contribution is -2.19. The molecule has 5 nitrogen and oxygen atoms in total. The number of aromatic nitrogens is 1. The number of hydrogen-bond donors (Lipinski definition) is 1. The number of ether oxygens (including phenoxy) is 2. The molecule has 1 heterocycles. The summed E-state index contributed by atoms with van der Waals surface area (Å²) < 4.78 is 11.0. The molecule has 0 radical (unpaired) electrons. The number of likely N-dealkylation sites (N-methyl/N-ethyl adjacent to an activating group) is 1. The van der Waals surface area contributed by atoms with Crippen molar-refractivity contribution in [1.82, 2.24) is 9.88 Å². The molecular formula is C14H18N2O3. The van der Waals surface area contributed by atoms with Gasteiger partial charge in [-0.2, -0.15) is 0 Å². The minimum Gasteiger partial charge on any atom is -0.493 e. The molecule has 102 valence electrons. The van der Waals surface area contributed by atoms with Crippen LogP contribution in [0.15, 0.2) is 18.2 Å². The van der Waals surface area contributed by atoms with Crippen LogP contribution < -0.4 is 9.47 Å². The third-order valence-electron chi connectivity index (χ3n) is 2.85. The molecule has 1 aromatic carbocycles. The Morgan fingerprint density at radius 2 is 2.05 bits per heavy atom. The molecule has 1 N–H and O–H groups in total. The second-order valence-corrected chi connectivity index (χ2v) is 4.58. The van der Waals surface area contributed by atoms with Gasteiger partial charge in [-0.25, -0.2) is 0 Å². The van der Waals surface area contributed by atoms with E-state index in [2.05, 4.69) is 4.98 Å². The Kier molecular flexibility index (Phi) is 4.06. The first kappa shape index (κ1) is 13.4. The molecule has 0 atom stereocenters. The molecule has 0 unspecified atom stereocenters. The Morgan fingerprint density at radius 3 is 2.68 bits per heavy atom. The summed E-state index contributed by atoms with van der Waals surface area (Å²) in [6, 6.07) is 5.52. The van der Waals surface area contributed by atoms with E-state index in [9.17, 15) is 4.79 Å². The summed E-state index contributed by atoms with van der Waals surface area (Å²) in [6.07, 6.45) is 0.791. The van der Waals surface area contributed by atoms with Crippen LogP contribution in [0.5, 0.6) is 11.5 Å². The third-order valence-corrected chi connectivity index (χ3v) is 2.85. The number of aldehydes is 1. The van der Waals surface area contributed by atoms with Crippen LogP contribution in [0.1, 0.15) is 10.5 Å². The molecular weight excluding hydrogens is 244 g/mol. The van der Waals surface area contributed by atoms with Crippen molar-refractivity contribution in [2.75, 3.05) is 34.4 Å². The fourth-order valence-corrected chi connectivity index (χ4v) is 1.84. The summed E-state index contributed by atoms with van der Waals surface area (Å²) in [7, 11) is 5.59. The van der Waals surface area contributed by atoms with Crippen molar-refractivity contribution >= 4 is 17.2 Å². The van der Waals surface area contributed by atoms with E-state index >= 15 is 0 Å². The van der Waals surface area contributed by atoms with Gasteiger partial charge in [0.25, 0.3) is 0 Å². The number of aromatic amines is 1. The number of methoxy groups -OCH3 is 1. The average molecular weight is 262 g/mol. The first-order valence-electron chi connectivity index (χ1n) is 6.07. The average Bonchev–Trinajstić information content (AvgIpc) is 2.79. The highest BCUT2D eigenvalue weighted by Crippen LogP contribution is 2.32. The van der Waals surface area contributed by atoms with Crippen molar-refractivity contribution in [2.45, 2.75) is 0 Å². The minimum atomic E-state index is 0.544. The van der Waals surface area contributed by atoms with Crippen molar-refractivity contribution in [1.29, 1.82) is 0 Å². The van der Waals surface area contributed by atoms with Gasteiger partial charge in [0.1, 0.15) is 6.61 Å². The van der Waals surface area contributed by atoms with E-state index in [0.29, 0.717) is 23.8 Å². The predicted octanol–water partition coefficient (Wildman–Crippen LogP) is 1.93. The summed E-state index contributed by atoms with van der Waals surface area (Å²) in [6.45, 7) is 1.41. The molecule has 2 rings (SSSR count). The Morgan fingerprint density at radius 1 is 1.26 bits per heavy atom. The molecule has 0 spiro atoms. The first-order chi connectivity index (χ1) is 9.13. The number of H-pyrrole nitrogens is 1. The lowest BCUT2D eigenvalue weighted by atomic mass is 10.2. The normalized spacial score (nSPS) is 10.9. The summed E-state index contributed by atoms with van der Waals surface area (Å²) in [5, 5.41) is 0.933.